The van der Waals surface area contributed by atoms with E-state index in [2.05, 4.69) is 44.6 Å². The Labute approximate surface area is 206 Å². The number of carbonyl (C=O) groups excluding carboxylic acids is 1. The highest BCUT2D eigenvalue weighted by Gasteiger charge is 2.24. The summed E-state index contributed by atoms with van der Waals surface area (Å²) in [4.78, 5) is 17.6. The number of aromatic nitrogens is 3. The zero-order valence-corrected chi connectivity index (χ0v) is 20.8. The molecule has 1 aliphatic heterocycles. The number of phenols is 2. The third-order valence-corrected chi connectivity index (χ3v) is 6.43. The first-order valence-corrected chi connectivity index (χ1v) is 12.1. The number of rotatable bonds is 7. The van der Waals surface area contributed by atoms with E-state index in [0.29, 0.717) is 23.5 Å². The first kappa shape index (κ1) is 24.7. The molecule has 0 unspecified atom stereocenters. The fourth-order valence-electron chi connectivity index (χ4n) is 4.35. The molecule has 0 aliphatic carbocycles. The number of aromatic hydroxyl groups is 2. The number of hydrogen-bond donors (Lipinski definition) is 3. The van der Waals surface area contributed by atoms with Crippen LogP contribution in [-0.4, -0.2) is 80.7 Å². The number of hydrogen-bond acceptors (Lipinski definition) is 7. The molecule has 0 radical (unpaired) electrons. The molecule has 3 aromatic rings. The number of amides is 1. The highest BCUT2D eigenvalue weighted by atomic mass is 16.3. The topological polar surface area (TPSA) is 107 Å². The summed E-state index contributed by atoms with van der Waals surface area (Å²) in [5.41, 5.74) is 3.63. The molecule has 0 bridgehead atoms. The smallest absolute Gasteiger partial charge is 0.274 e. The molecule has 1 amide bonds. The van der Waals surface area contributed by atoms with E-state index >= 15 is 0 Å². The van der Waals surface area contributed by atoms with E-state index in [9.17, 15) is 15.0 Å². The van der Waals surface area contributed by atoms with Crippen LogP contribution in [0.15, 0.2) is 36.4 Å². The molecule has 3 N–H and O–H groups in total. The molecular weight excluding hydrogens is 444 g/mol. The normalized spacial score (nSPS) is 15.0. The maximum Gasteiger partial charge on any atom is 0.274 e. The average molecular weight is 479 g/mol. The summed E-state index contributed by atoms with van der Waals surface area (Å²) in [6, 6.07) is 11.0. The molecule has 1 saturated heterocycles. The molecule has 0 saturated carbocycles. The van der Waals surface area contributed by atoms with Gasteiger partial charge in [0.05, 0.1) is 0 Å². The Kier molecular flexibility index (Phi) is 7.37. The number of nitrogens with zero attached hydrogens (tertiary/aromatic N) is 5. The number of phenolic OH excluding ortho intramolecular Hbond substituents is 2. The van der Waals surface area contributed by atoms with Gasteiger partial charge in [-0.25, -0.2) is 4.68 Å². The van der Waals surface area contributed by atoms with Crippen LogP contribution in [0.4, 0.5) is 0 Å². The molecular formula is C26H34N6O3. The lowest BCUT2D eigenvalue weighted by molar-refractivity contribution is 0.0951. The van der Waals surface area contributed by atoms with Gasteiger partial charge in [-0.1, -0.05) is 43.3 Å². The van der Waals surface area contributed by atoms with Crippen LogP contribution in [0.2, 0.25) is 0 Å². The highest BCUT2D eigenvalue weighted by molar-refractivity contribution is 5.98. The van der Waals surface area contributed by atoms with Crippen LogP contribution in [0.1, 0.15) is 48.3 Å². The second-order valence-corrected chi connectivity index (χ2v) is 9.39. The standard InChI is InChI=1S/C26H34N6O3/c1-5-27-26(35)24-25(19-8-6-18(7-9-19)16-31-12-10-30(4)11-13-31)32(29-28-24)21-14-20(17(2)3)22(33)15-23(21)34/h6-9,14-15,17,33-34H,5,10-13,16H2,1-4H3,(H,27,35). The van der Waals surface area contributed by atoms with Gasteiger partial charge in [-0.2, -0.15) is 0 Å². The molecule has 9 nitrogen and oxygen atoms in total. The molecule has 2 aromatic carbocycles. The lowest BCUT2D eigenvalue weighted by atomic mass is 10.0. The zero-order valence-electron chi connectivity index (χ0n) is 20.8. The number of benzene rings is 2. The second-order valence-electron chi connectivity index (χ2n) is 9.39. The fourth-order valence-corrected chi connectivity index (χ4v) is 4.35. The molecule has 9 heteroatoms. The summed E-state index contributed by atoms with van der Waals surface area (Å²) in [6.07, 6.45) is 0. The van der Waals surface area contributed by atoms with Gasteiger partial charge in [0.1, 0.15) is 22.9 Å². The maximum atomic E-state index is 12.8. The van der Waals surface area contributed by atoms with Gasteiger partial charge in [0, 0.05) is 50.9 Å². The Balaban J connectivity index is 1.73. The highest BCUT2D eigenvalue weighted by Crippen LogP contribution is 2.36. The van der Waals surface area contributed by atoms with Crippen LogP contribution >= 0.6 is 0 Å². The monoisotopic (exact) mass is 478 g/mol. The van der Waals surface area contributed by atoms with Crippen molar-refractivity contribution in [3.8, 4) is 28.4 Å². The zero-order chi connectivity index (χ0) is 25.1. The van der Waals surface area contributed by atoms with Crippen LogP contribution < -0.4 is 5.32 Å². The van der Waals surface area contributed by atoms with Gasteiger partial charge in [0.15, 0.2) is 5.69 Å². The van der Waals surface area contributed by atoms with E-state index in [1.54, 1.807) is 6.07 Å². The van der Waals surface area contributed by atoms with Crippen molar-refractivity contribution < 1.29 is 15.0 Å². The summed E-state index contributed by atoms with van der Waals surface area (Å²) in [5.74, 6) is -0.442. The summed E-state index contributed by atoms with van der Waals surface area (Å²) in [5, 5.41) is 32.1. The van der Waals surface area contributed by atoms with Crippen LogP contribution in [-0.2, 0) is 6.54 Å². The van der Waals surface area contributed by atoms with Gasteiger partial charge < -0.3 is 20.4 Å². The van der Waals surface area contributed by atoms with Gasteiger partial charge in [0.2, 0.25) is 0 Å². The molecule has 35 heavy (non-hydrogen) atoms. The Morgan fingerprint density at radius 1 is 1.06 bits per heavy atom. The average Bonchev–Trinajstić information content (AvgIpc) is 3.26. The Morgan fingerprint density at radius 2 is 1.74 bits per heavy atom. The third kappa shape index (κ3) is 5.31. The molecule has 186 valence electrons. The van der Waals surface area contributed by atoms with Gasteiger partial charge in [-0.15, -0.1) is 5.10 Å². The minimum Gasteiger partial charge on any atom is -0.508 e. The van der Waals surface area contributed by atoms with Gasteiger partial charge in [-0.3, -0.25) is 9.69 Å². The molecule has 2 heterocycles. The maximum absolute atomic E-state index is 12.8. The van der Waals surface area contributed by atoms with Crippen LogP contribution in [0.5, 0.6) is 11.5 Å². The summed E-state index contributed by atoms with van der Waals surface area (Å²) in [6.45, 7) is 11.3. The van der Waals surface area contributed by atoms with Crippen molar-refractivity contribution in [2.45, 2.75) is 33.2 Å². The Morgan fingerprint density at radius 3 is 2.37 bits per heavy atom. The van der Waals surface area contributed by atoms with Gasteiger partial charge in [0.25, 0.3) is 5.91 Å². The first-order valence-electron chi connectivity index (χ1n) is 12.1. The van der Waals surface area contributed by atoms with Crippen molar-refractivity contribution in [1.82, 2.24) is 30.1 Å². The predicted molar refractivity (Wildman–Crippen MR) is 135 cm³/mol. The van der Waals surface area contributed by atoms with E-state index < -0.39 is 0 Å². The number of likely N-dealkylation sites (N-methyl/N-ethyl adjacent to an activating group) is 1. The molecule has 1 aliphatic rings. The van der Waals surface area contributed by atoms with Crippen molar-refractivity contribution in [3.05, 3.63) is 53.2 Å². The molecule has 1 fully saturated rings. The van der Waals surface area contributed by atoms with Crippen molar-refractivity contribution in [3.63, 3.8) is 0 Å². The minimum absolute atomic E-state index is 0.0140. The molecule has 0 atom stereocenters. The summed E-state index contributed by atoms with van der Waals surface area (Å²) < 4.78 is 1.47. The third-order valence-electron chi connectivity index (χ3n) is 6.43. The first-order chi connectivity index (χ1) is 16.8. The number of carbonyl (C=O) groups is 1. The van der Waals surface area contributed by atoms with Gasteiger partial charge >= 0.3 is 0 Å². The summed E-state index contributed by atoms with van der Waals surface area (Å²) in [7, 11) is 2.14. The van der Waals surface area contributed by atoms with E-state index in [4.69, 9.17) is 0 Å². The van der Waals surface area contributed by atoms with Crippen LogP contribution in [0.3, 0.4) is 0 Å². The van der Waals surface area contributed by atoms with Crippen LogP contribution in [0.25, 0.3) is 16.9 Å². The predicted octanol–water partition coefficient (Wildman–Crippen LogP) is 2.97. The summed E-state index contributed by atoms with van der Waals surface area (Å²) >= 11 is 0. The number of nitrogens with one attached hydrogen (secondary N) is 1. The van der Waals surface area contributed by atoms with Crippen molar-refractivity contribution in [2.75, 3.05) is 39.8 Å². The van der Waals surface area contributed by atoms with Crippen molar-refractivity contribution >= 4 is 5.91 Å². The van der Waals surface area contributed by atoms with E-state index in [0.717, 1.165) is 38.3 Å². The fraction of sp³-hybridized carbons (Fsp3) is 0.423. The number of piperazine rings is 1. The van der Waals surface area contributed by atoms with E-state index in [1.165, 1.54) is 16.3 Å². The largest absolute Gasteiger partial charge is 0.508 e. The van der Waals surface area contributed by atoms with E-state index in [-0.39, 0.29) is 29.0 Å². The van der Waals surface area contributed by atoms with Gasteiger partial charge in [-0.05, 0) is 37.1 Å². The minimum atomic E-state index is -0.336. The second kappa shape index (κ2) is 10.5. The van der Waals surface area contributed by atoms with Crippen molar-refractivity contribution in [2.24, 2.45) is 0 Å². The molecule has 0 spiro atoms. The van der Waals surface area contributed by atoms with Crippen molar-refractivity contribution in [1.29, 1.82) is 0 Å². The Bertz CT molecular complexity index is 1180. The van der Waals surface area contributed by atoms with E-state index in [1.807, 2.05) is 32.9 Å². The lowest BCUT2D eigenvalue weighted by Gasteiger charge is -2.32. The molecule has 1 aromatic heterocycles. The quantitative estimate of drug-likeness (QED) is 0.479. The Hall–Kier alpha value is -3.43. The SMILES string of the molecule is CCNC(=O)c1nnn(-c2cc(C(C)C)c(O)cc2O)c1-c1ccc(CN2CCN(C)CC2)cc1. The lowest BCUT2D eigenvalue weighted by Crippen LogP contribution is -2.43. The molecule has 4 rings (SSSR count). The van der Waals surface area contributed by atoms with Crippen LogP contribution in [0, 0.1) is 0 Å².